The maximum Gasteiger partial charge on any atom is 0.252 e. The van der Waals surface area contributed by atoms with Crippen molar-refractivity contribution in [2.45, 2.75) is 13.8 Å². The van der Waals surface area contributed by atoms with Gasteiger partial charge < -0.3 is 9.80 Å². The molecule has 0 N–H and O–H groups in total. The summed E-state index contributed by atoms with van der Waals surface area (Å²) in [6, 6.07) is 60.3. The first-order chi connectivity index (χ1) is 23.1. The van der Waals surface area contributed by atoms with Crippen molar-refractivity contribution in [2.75, 3.05) is 9.80 Å². The van der Waals surface area contributed by atoms with Gasteiger partial charge in [-0.15, -0.1) is 0 Å². The van der Waals surface area contributed by atoms with Gasteiger partial charge in [0.05, 0.1) is 0 Å². The zero-order valence-corrected chi connectivity index (χ0v) is 26.6. The lowest BCUT2D eigenvalue weighted by Gasteiger charge is -2.44. The van der Waals surface area contributed by atoms with E-state index in [1.807, 2.05) is 0 Å². The van der Waals surface area contributed by atoms with E-state index in [9.17, 15) is 0 Å². The molecule has 3 heteroatoms. The Morgan fingerprint density at radius 2 is 0.915 bits per heavy atom. The lowest BCUT2D eigenvalue weighted by atomic mass is 9.33. The van der Waals surface area contributed by atoms with Gasteiger partial charge in [0.1, 0.15) is 0 Å². The Labute approximate surface area is 277 Å². The van der Waals surface area contributed by atoms with Gasteiger partial charge in [-0.2, -0.15) is 0 Å². The molecule has 0 aromatic heterocycles. The maximum absolute atomic E-state index is 2.49. The predicted molar refractivity (Wildman–Crippen MR) is 201 cm³/mol. The second-order valence-corrected chi connectivity index (χ2v) is 12.8. The molecule has 47 heavy (non-hydrogen) atoms. The summed E-state index contributed by atoms with van der Waals surface area (Å²) in [6.07, 6.45) is 0. The van der Waals surface area contributed by atoms with E-state index in [1.165, 1.54) is 78.2 Å². The summed E-state index contributed by atoms with van der Waals surface area (Å²) >= 11 is 0. The molecule has 2 aliphatic rings. The van der Waals surface area contributed by atoms with E-state index in [4.69, 9.17) is 0 Å². The standard InChI is InChI=1S/C44H33BN2/c1-30-20-23-37(24-21-30)47-41-25-22-31(2)26-39(41)45-38-18-9-10-19-40(38)46(36-16-7-4-8-17-36)42-28-35(29-43(47)44(42)45)34-15-11-14-33(27-34)32-12-5-3-6-13-32/h3-29H,1-2H3. The largest absolute Gasteiger partial charge is 0.311 e. The molecule has 0 saturated carbocycles. The van der Waals surface area contributed by atoms with Crippen molar-refractivity contribution in [1.82, 2.24) is 0 Å². The minimum atomic E-state index is 0.109. The Kier molecular flexibility index (Phi) is 6.40. The van der Waals surface area contributed by atoms with Crippen LogP contribution in [0, 0.1) is 13.8 Å². The van der Waals surface area contributed by atoms with Crippen molar-refractivity contribution in [3.05, 3.63) is 175 Å². The number of rotatable bonds is 4. The number of aryl methyl sites for hydroxylation is 2. The lowest BCUT2D eigenvalue weighted by molar-refractivity contribution is 1.25. The van der Waals surface area contributed by atoms with Gasteiger partial charge in [0, 0.05) is 34.1 Å². The van der Waals surface area contributed by atoms with E-state index in [0.29, 0.717) is 0 Å². The number of hydrogen-bond donors (Lipinski definition) is 0. The van der Waals surface area contributed by atoms with Crippen LogP contribution in [0.3, 0.4) is 0 Å². The molecule has 0 spiro atoms. The third-order valence-corrected chi connectivity index (χ3v) is 9.74. The lowest BCUT2D eigenvalue weighted by Crippen LogP contribution is -2.61. The van der Waals surface area contributed by atoms with E-state index in [1.54, 1.807) is 0 Å². The molecule has 0 unspecified atom stereocenters. The SMILES string of the molecule is Cc1ccc(N2c3ccc(C)cc3B3c4ccccc4N(c4ccccc4)c4cc(-c5cccc(-c6ccccc6)c5)cc2c43)cc1. The monoisotopic (exact) mass is 600 g/mol. The quantitative estimate of drug-likeness (QED) is 0.186. The number of benzene rings is 7. The van der Waals surface area contributed by atoms with Crippen molar-refractivity contribution in [2.24, 2.45) is 0 Å². The van der Waals surface area contributed by atoms with Crippen LogP contribution in [0.5, 0.6) is 0 Å². The van der Waals surface area contributed by atoms with Gasteiger partial charge in [0.2, 0.25) is 0 Å². The van der Waals surface area contributed by atoms with E-state index >= 15 is 0 Å². The number of anilines is 6. The third-order valence-electron chi connectivity index (χ3n) is 9.74. The van der Waals surface area contributed by atoms with Crippen molar-refractivity contribution >= 4 is 57.2 Å². The van der Waals surface area contributed by atoms with Crippen molar-refractivity contribution in [3.63, 3.8) is 0 Å². The number of para-hydroxylation sites is 2. The van der Waals surface area contributed by atoms with Gasteiger partial charge in [-0.25, -0.2) is 0 Å². The molecular formula is C44H33BN2. The molecule has 0 radical (unpaired) electrons. The highest BCUT2D eigenvalue weighted by molar-refractivity contribution is 7.00. The van der Waals surface area contributed by atoms with Crippen LogP contribution in [-0.2, 0) is 0 Å². The molecule has 0 amide bonds. The summed E-state index contributed by atoms with van der Waals surface area (Å²) in [5, 5.41) is 0. The highest BCUT2D eigenvalue weighted by Crippen LogP contribution is 2.46. The summed E-state index contributed by atoms with van der Waals surface area (Å²) in [5.74, 6) is 0. The third kappa shape index (κ3) is 4.50. The first kappa shape index (κ1) is 27.5. The van der Waals surface area contributed by atoms with Crippen molar-refractivity contribution in [1.29, 1.82) is 0 Å². The van der Waals surface area contributed by atoms with Crippen LogP contribution in [0.1, 0.15) is 11.1 Å². The van der Waals surface area contributed by atoms with Gasteiger partial charge in [0.25, 0.3) is 6.71 Å². The molecule has 0 saturated heterocycles. The van der Waals surface area contributed by atoms with Gasteiger partial charge in [0.15, 0.2) is 0 Å². The second kappa shape index (κ2) is 10.9. The van der Waals surface area contributed by atoms with Crippen LogP contribution in [-0.4, -0.2) is 6.71 Å². The zero-order chi connectivity index (χ0) is 31.5. The number of fused-ring (bicyclic) bond motifs is 4. The number of hydrogen-bond acceptors (Lipinski definition) is 2. The summed E-state index contributed by atoms with van der Waals surface area (Å²) in [6.45, 7) is 4.47. The first-order valence-electron chi connectivity index (χ1n) is 16.4. The average Bonchev–Trinajstić information content (AvgIpc) is 3.12. The van der Waals surface area contributed by atoms with E-state index < -0.39 is 0 Å². The van der Waals surface area contributed by atoms with Gasteiger partial charge in [-0.3, -0.25) is 0 Å². The van der Waals surface area contributed by atoms with E-state index in [-0.39, 0.29) is 6.71 Å². The van der Waals surface area contributed by atoms with E-state index in [0.717, 1.165) is 5.69 Å². The Balaban J connectivity index is 1.38. The van der Waals surface area contributed by atoms with Crippen LogP contribution < -0.4 is 26.2 Å². The number of nitrogens with zero attached hydrogens (tertiary/aromatic N) is 2. The molecule has 0 bridgehead atoms. The minimum absolute atomic E-state index is 0.109. The molecule has 0 fully saturated rings. The molecule has 2 aliphatic heterocycles. The highest BCUT2D eigenvalue weighted by Gasteiger charge is 2.43. The van der Waals surface area contributed by atoms with Crippen molar-refractivity contribution < 1.29 is 0 Å². The molecule has 222 valence electrons. The topological polar surface area (TPSA) is 6.48 Å². The first-order valence-corrected chi connectivity index (χ1v) is 16.4. The summed E-state index contributed by atoms with van der Waals surface area (Å²) in [4.78, 5) is 4.97. The van der Waals surface area contributed by atoms with Crippen LogP contribution in [0.25, 0.3) is 22.3 Å². The molecule has 2 nitrogen and oxygen atoms in total. The summed E-state index contributed by atoms with van der Waals surface area (Å²) in [7, 11) is 0. The molecular weight excluding hydrogens is 567 g/mol. The van der Waals surface area contributed by atoms with Crippen molar-refractivity contribution in [3.8, 4) is 22.3 Å². The second-order valence-electron chi connectivity index (χ2n) is 12.8. The Morgan fingerprint density at radius 1 is 0.362 bits per heavy atom. The van der Waals surface area contributed by atoms with Gasteiger partial charge >= 0.3 is 0 Å². The average molecular weight is 601 g/mol. The molecule has 0 atom stereocenters. The van der Waals surface area contributed by atoms with Crippen LogP contribution >= 0.6 is 0 Å². The van der Waals surface area contributed by atoms with Crippen LogP contribution in [0.15, 0.2) is 164 Å². The fourth-order valence-electron chi connectivity index (χ4n) is 7.57. The Hall–Kier alpha value is -5.80. The molecule has 0 aliphatic carbocycles. The molecule has 7 aromatic rings. The normalized spacial score (nSPS) is 12.8. The fraction of sp³-hybridized carbons (Fsp3) is 0.0455. The minimum Gasteiger partial charge on any atom is -0.311 e. The van der Waals surface area contributed by atoms with Gasteiger partial charge in [-0.1, -0.05) is 120 Å². The maximum atomic E-state index is 2.49. The van der Waals surface area contributed by atoms with Gasteiger partial charge in [-0.05, 0) is 107 Å². The van der Waals surface area contributed by atoms with Crippen LogP contribution in [0.2, 0.25) is 0 Å². The van der Waals surface area contributed by atoms with Crippen LogP contribution in [0.4, 0.5) is 34.1 Å². The summed E-state index contributed by atoms with van der Waals surface area (Å²) in [5.41, 5.74) is 18.6. The highest BCUT2D eigenvalue weighted by atomic mass is 15.2. The Bertz CT molecular complexity index is 2280. The molecule has 9 rings (SSSR count). The fourth-order valence-corrected chi connectivity index (χ4v) is 7.57. The smallest absolute Gasteiger partial charge is 0.252 e. The predicted octanol–water partition coefficient (Wildman–Crippen LogP) is 9.72. The summed E-state index contributed by atoms with van der Waals surface area (Å²) < 4.78 is 0. The van der Waals surface area contributed by atoms with E-state index in [2.05, 4.69) is 187 Å². The Morgan fingerprint density at radius 3 is 1.64 bits per heavy atom. The zero-order valence-electron chi connectivity index (χ0n) is 26.6. The molecule has 2 heterocycles. The molecule has 7 aromatic carbocycles.